The average molecular weight is 707 g/mol. The van der Waals surface area contributed by atoms with Crippen LogP contribution in [0.25, 0.3) is 0 Å². The van der Waals surface area contributed by atoms with Crippen molar-refractivity contribution in [2.75, 3.05) is 13.2 Å². The van der Waals surface area contributed by atoms with E-state index in [-0.39, 0.29) is 54.6 Å². The molecule has 4 N–H and O–H groups in total. The smallest absolute Gasteiger partial charge is 0.326 e. The van der Waals surface area contributed by atoms with Crippen LogP contribution in [0.5, 0.6) is 0 Å². The van der Waals surface area contributed by atoms with Gasteiger partial charge in [0.05, 0.1) is 6.42 Å². The Kier molecular flexibility index (Phi) is 12.2. The highest BCUT2D eigenvalue weighted by Crippen LogP contribution is 2.67. The zero-order valence-corrected chi connectivity index (χ0v) is 30.0. The molecule has 2 amide bonds. The van der Waals surface area contributed by atoms with E-state index in [0.29, 0.717) is 56.9 Å². The number of ether oxygens (including phenoxy) is 1. The molecule has 3 unspecified atom stereocenters. The van der Waals surface area contributed by atoms with Gasteiger partial charge in [0.25, 0.3) is 0 Å². The molecule has 278 valence electrons. The van der Waals surface area contributed by atoms with Crippen LogP contribution in [0.4, 0.5) is 0 Å². The van der Waals surface area contributed by atoms with Crippen LogP contribution in [-0.2, 0) is 39.9 Å². The first-order chi connectivity index (χ1) is 24.3. The number of esters is 1. The van der Waals surface area contributed by atoms with Crippen LogP contribution in [0.2, 0.25) is 0 Å². The molecule has 0 saturated heterocycles. The van der Waals surface area contributed by atoms with Crippen molar-refractivity contribution in [3.63, 3.8) is 0 Å². The number of Topliss-reactive ketones (excluding diaryl/α,β-unsaturated/α-hetero) is 1. The van der Waals surface area contributed by atoms with Gasteiger partial charge < -0.3 is 25.6 Å². The number of ketones is 2. The molecule has 3 saturated carbocycles. The molecule has 0 spiro atoms. The van der Waals surface area contributed by atoms with Crippen LogP contribution in [-0.4, -0.2) is 70.3 Å². The highest BCUT2D eigenvalue weighted by Gasteiger charge is 2.66. The van der Waals surface area contributed by atoms with E-state index in [2.05, 4.69) is 17.6 Å². The molecule has 1 aromatic carbocycles. The molecular weight excluding hydrogens is 652 g/mol. The molecule has 0 aliphatic heterocycles. The third-order valence-corrected chi connectivity index (χ3v) is 12.8. The summed E-state index contributed by atoms with van der Waals surface area (Å²) in [6.07, 6.45) is 9.75. The molecule has 4 aliphatic rings. The summed E-state index contributed by atoms with van der Waals surface area (Å²) in [6.45, 7) is 4.17. The largest absolute Gasteiger partial charge is 0.480 e. The maximum absolute atomic E-state index is 13.5. The Morgan fingerprint density at radius 3 is 2.37 bits per heavy atom. The number of nitrogens with one attached hydrogen (secondary N) is 2. The number of aliphatic hydroxyl groups is 1. The number of allylic oxidation sites excluding steroid dienone is 1. The molecule has 0 aromatic heterocycles. The van der Waals surface area contributed by atoms with Gasteiger partial charge in [0.2, 0.25) is 17.6 Å². The fourth-order valence-electron chi connectivity index (χ4n) is 9.81. The van der Waals surface area contributed by atoms with Gasteiger partial charge in [0.1, 0.15) is 11.6 Å². The standard InChI is InChI=1S/C40H54N2O9/c1-38-19-16-28(43)24-27(38)12-13-29-30(38)17-20-39(2)31(29)18-21-40(39,50)33(44)25-51-36(47)15-14-34(45)41-22-8-4-7-11-35(46)42-32(37(48)49)23-26-9-5-3-6-10-26/h3,5-6,9-10,24,29-32,50H,4,7-8,11-23,25H2,1-2H3,(H,41,45)(H,42,46)(H,48,49)/t29-,30?,31?,32?,38+,39+,40+/m1/s1. The molecule has 5 rings (SSSR count). The van der Waals surface area contributed by atoms with Crippen molar-refractivity contribution in [3.8, 4) is 0 Å². The van der Waals surface area contributed by atoms with E-state index >= 15 is 0 Å². The van der Waals surface area contributed by atoms with E-state index in [9.17, 15) is 39.0 Å². The van der Waals surface area contributed by atoms with Gasteiger partial charge in [-0.25, -0.2) is 4.79 Å². The summed E-state index contributed by atoms with van der Waals surface area (Å²) in [5.74, 6) is -1.69. The minimum absolute atomic E-state index is 0.000793. The predicted octanol–water partition coefficient (Wildman–Crippen LogP) is 4.63. The molecular formula is C40H54N2O9. The number of carbonyl (C=O) groups is 6. The fraction of sp³-hybridized carbons (Fsp3) is 0.650. The quantitative estimate of drug-likeness (QED) is 0.141. The normalized spacial score (nSPS) is 30.1. The van der Waals surface area contributed by atoms with E-state index in [1.54, 1.807) is 0 Å². The van der Waals surface area contributed by atoms with Crippen LogP contribution < -0.4 is 10.6 Å². The summed E-state index contributed by atoms with van der Waals surface area (Å²) in [5.41, 5.74) is -0.0751. The Bertz CT molecular complexity index is 1520. The first kappa shape index (κ1) is 38.4. The second-order valence-corrected chi connectivity index (χ2v) is 15.7. The lowest BCUT2D eigenvalue weighted by molar-refractivity contribution is -0.170. The van der Waals surface area contributed by atoms with E-state index < -0.39 is 41.4 Å². The average Bonchev–Trinajstić information content (AvgIpc) is 3.39. The van der Waals surface area contributed by atoms with Crippen LogP contribution >= 0.6 is 0 Å². The molecule has 0 heterocycles. The van der Waals surface area contributed by atoms with Gasteiger partial charge in [-0.15, -0.1) is 0 Å². The van der Waals surface area contributed by atoms with Gasteiger partial charge in [-0.1, -0.05) is 56.2 Å². The Labute approximate surface area is 300 Å². The second-order valence-electron chi connectivity index (χ2n) is 15.7. The zero-order valence-electron chi connectivity index (χ0n) is 30.0. The van der Waals surface area contributed by atoms with Gasteiger partial charge >= 0.3 is 11.9 Å². The van der Waals surface area contributed by atoms with E-state index in [1.807, 2.05) is 43.3 Å². The van der Waals surface area contributed by atoms with Crippen LogP contribution in [0.1, 0.15) is 109 Å². The van der Waals surface area contributed by atoms with E-state index in [1.165, 1.54) is 5.57 Å². The van der Waals surface area contributed by atoms with Gasteiger partial charge in [-0.2, -0.15) is 0 Å². The van der Waals surface area contributed by atoms with Gasteiger partial charge in [0, 0.05) is 37.6 Å². The van der Waals surface area contributed by atoms with Crippen molar-refractivity contribution in [3.05, 3.63) is 47.5 Å². The summed E-state index contributed by atoms with van der Waals surface area (Å²) in [4.78, 5) is 74.2. The summed E-state index contributed by atoms with van der Waals surface area (Å²) >= 11 is 0. The Hall–Kier alpha value is -3.86. The number of hydrogen-bond donors (Lipinski definition) is 4. The maximum atomic E-state index is 13.5. The molecule has 11 heteroatoms. The summed E-state index contributed by atoms with van der Waals surface area (Å²) in [5, 5.41) is 26.6. The van der Waals surface area contributed by atoms with Crippen molar-refractivity contribution < 1.29 is 43.7 Å². The van der Waals surface area contributed by atoms with Crippen molar-refractivity contribution in [2.24, 2.45) is 28.6 Å². The van der Waals surface area contributed by atoms with Gasteiger partial charge in [-0.3, -0.25) is 24.0 Å². The number of carboxylic acid groups (broad SMARTS) is 1. The Morgan fingerprint density at radius 2 is 1.63 bits per heavy atom. The van der Waals surface area contributed by atoms with Crippen LogP contribution in [0, 0.1) is 28.6 Å². The third kappa shape index (κ3) is 8.45. The summed E-state index contributed by atoms with van der Waals surface area (Å²) in [7, 11) is 0. The number of aliphatic carboxylic acids is 1. The molecule has 0 bridgehead atoms. The van der Waals surface area contributed by atoms with Crippen molar-refractivity contribution in [1.82, 2.24) is 10.6 Å². The highest BCUT2D eigenvalue weighted by atomic mass is 16.5. The molecule has 3 fully saturated rings. The summed E-state index contributed by atoms with van der Waals surface area (Å²) < 4.78 is 5.27. The van der Waals surface area contributed by atoms with Gasteiger partial charge in [0.15, 0.2) is 12.4 Å². The van der Waals surface area contributed by atoms with E-state index in [4.69, 9.17) is 4.74 Å². The molecule has 11 nitrogen and oxygen atoms in total. The topological polar surface area (TPSA) is 176 Å². The molecule has 0 radical (unpaired) electrons. The van der Waals surface area contributed by atoms with E-state index in [0.717, 1.165) is 37.7 Å². The number of hydrogen-bond acceptors (Lipinski definition) is 8. The molecule has 7 atom stereocenters. The SMILES string of the molecule is C[C@]12CCC(=O)C=C1CC[C@@H]1C2CC[C@@]2(C)C1CC[C@]2(O)C(=O)COC(=O)CCC(=O)NCCCCCC(=O)NC(Cc1ccccc1)C(=O)O. The molecule has 4 aliphatic carbocycles. The minimum Gasteiger partial charge on any atom is -0.480 e. The lowest BCUT2D eigenvalue weighted by Crippen LogP contribution is -2.58. The number of unbranched alkanes of at least 4 members (excludes halogenated alkanes) is 2. The number of benzene rings is 1. The van der Waals surface area contributed by atoms with Crippen molar-refractivity contribution in [1.29, 1.82) is 0 Å². The fourth-order valence-corrected chi connectivity index (χ4v) is 9.81. The second kappa shape index (κ2) is 16.2. The predicted molar refractivity (Wildman–Crippen MR) is 188 cm³/mol. The Balaban J connectivity index is 0.970. The first-order valence-electron chi connectivity index (χ1n) is 18.7. The molecule has 51 heavy (non-hydrogen) atoms. The maximum Gasteiger partial charge on any atom is 0.326 e. The highest BCUT2D eigenvalue weighted by molar-refractivity contribution is 5.92. The first-order valence-corrected chi connectivity index (χ1v) is 18.7. The zero-order chi connectivity index (χ0) is 36.8. The number of rotatable bonds is 16. The number of fused-ring (bicyclic) bond motifs is 5. The molecule has 1 aromatic rings. The Morgan fingerprint density at radius 1 is 0.882 bits per heavy atom. The van der Waals surface area contributed by atoms with Crippen LogP contribution in [0.15, 0.2) is 42.0 Å². The minimum atomic E-state index is -1.57. The lowest BCUT2D eigenvalue weighted by atomic mass is 9.46. The number of carboxylic acids is 1. The third-order valence-electron chi connectivity index (χ3n) is 12.8. The van der Waals surface area contributed by atoms with Crippen molar-refractivity contribution in [2.45, 2.75) is 122 Å². The lowest BCUT2D eigenvalue weighted by Gasteiger charge is -2.58. The number of amides is 2. The van der Waals surface area contributed by atoms with Crippen molar-refractivity contribution >= 4 is 35.3 Å². The van der Waals surface area contributed by atoms with Gasteiger partial charge in [-0.05, 0) is 92.6 Å². The monoisotopic (exact) mass is 706 g/mol. The summed E-state index contributed by atoms with van der Waals surface area (Å²) in [6, 6.07) is 8.09. The number of carbonyl (C=O) groups excluding carboxylic acids is 5. The van der Waals surface area contributed by atoms with Crippen LogP contribution in [0.3, 0.4) is 0 Å².